The smallest absolute Gasteiger partial charge is 0.200 e. The van der Waals surface area contributed by atoms with Gasteiger partial charge < -0.3 is 35.0 Å². The van der Waals surface area contributed by atoms with Crippen molar-refractivity contribution in [1.82, 2.24) is 0 Å². The number of carbonyl (C=O) groups is 5. The second-order valence-corrected chi connectivity index (χ2v) is 23.3. The van der Waals surface area contributed by atoms with E-state index in [0.717, 1.165) is 80.9 Å². The number of benzene rings is 5. The highest BCUT2D eigenvalue weighted by molar-refractivity contribution is 6.04. The van der Waals surface area contributed by atoms with E-state index in [1.807, 2.05) is 67.6 Å². The second-order valence-electron chi connectivity index (χ2n) is 23.3. The van der Waals surface area contributed by atoms with Crippen molar-refractivity contribution >= 4 is 59.3 Å². The summed E-state index contributed by atoms with van der Waals surface area (Å²) >= 11 is 0. The van der Waals surface area contributed by atoms with Gasteiger partial charge in [0.25, 0.3) is 0 Å². The van der Waals surface area contributed by atoms with Crippen LogP contribution in [0.2, 0.25) is 0 Å². The van der Waals surface area contributed by atoms with Gasteiger partial charge in [0.05, 0.1) is 14.2 Å². The molecule has 0 unspecified atom stereocenters. The van der Waals surface area contributed by atoms with Gasteiger partial charge in [-0.05, 0) is 222 Å². The molecule has 0 atom stereocenters. The zero-order valence-electron chi connectivity index (χ0n) is 59.7. The predicted molar refractivity (Wildman–Crippen MR) is 404 cm³/mol. The highest BCUT2D eigenvalue weighted by atomic mass is 19.1. The molecule has 0 saturated carbocycles. The van der Waals surface area contributed by atoms with Crippen molar-refractivity contribution in [3.8, 4) is 40.2 Å². The summed E-state index contributed by atoms with van der Waals surface area (Å²) in [5, 5.41) is 47.3. The molecule has 98 heavy (non-hydrogen) atoms. The number of phenolic OH excluding ortho intramolecular Hbond substituents is 5. The minimum Gasteiger partial charge on any atom is -0.504 e. The minimum atomic E-state index is -0.309. The number of carbonyl (C=O) groups excluding carboxylic acids is 5. The molecule has 12 nitrogen and oxygen atoms in total. The van der Waals surface area contributed by atoms with E-state index in [0.29, 0.717) is 28.0 Å². The van der Waals surface area contributed by atoms with Crippen LogP contribution in [-0.4, -0.2) is 68.7 Å². The molecule has 5 rings (SSSR count). The molecule has 0 aliphatic rings. The first-order chi connectivity index (χ1) is 47.2. The van der Waals surface area contributed by atoms with Gasteiger partial charge in [0.15, 0.2) is 63.4 Å². The van der Waals surface area contributed by atoms with Crippen LogP contribution in [0.15, 0.2) is 176 Å². The van der Waals surface area contributed by atoms with E-state index in [-0.39, 0.29) is 69.2 Å². The molecule has 13 heteroatoms. The number of unbranched alkanes of at least 4 members (excludes halogenated alkanes) is 15. The molecule has 528 valence electrons. The maximum Gasteiger partial charge on any atom is 0.200 e. The fourth-order valence-corrected chi connectivity index (χ4v) is 8.83. The summed E-state index contributed by atoms with van der Waals surface area (Å²) in [4.78, 5) is 58.0. The lowest BCUT2D eigenvalue weighted by atomic mass is 10.1. The van der Waals surface area contributed by atoms with E-state index in [9.17, 15) is 48.8 Å². The molecular weight excluding hydrogens is 1230 g/mol. The van der Waals surface area contributed by atoms with Gasteiger partial charge in [0.2, 0.25) is 5.75 Å². The number of ketones is 5. The Balaban J connectivity index is 0.000000613. The number of methoxy groups -OCH3 is 2. The summed E-state index contributed by atoms with van der Waals surface area (Å²) in [6, 6.07) is 24.1. The molecule has 0 aromatic heterocycles. The topological polar surface area (TPSA) is 205 Å². The van der Waals surface area contributed by atoms with Crippen molar-refractivity contribution in [2.24, 2.45) is 0 Å². The molecule has 5 aromatic rings. The molecule has 0 aliphatic heterocycles. The fourth-order valence-electron chi connectivity index (χ4n) is 8.83. The average molecular weight is 1340 g/mol. The maximum atomic E-state index is 13.7. The number of aryl methyl sites for hydroxylation is 3. The van der Waals surface area contributed by atoms with Gasteiger partial charge in [-0.15, -0.1) is 0 Å². The molecule has 0 heterocycles. The number of aromatic hydroxyl groups is 5. The van der Waals surface area contributed by atoms with Gasteiger partial charge in [-0.3, -0.25) is 24.0 Å². The maximum absolute atomic E-state index is 13.7. The van der Waals surface area contributed by atoms with E-state index < -0.39 is 0 Å². The van der Waals surface area contributed by atoms with Crippen LogP contribution in [0, 0.1) is 26.6 Å². The van der Waals surface area contributed by atoms with Gasteiger partial charge >= 0.3 is 0 Å². The van der Waals surface area contributed by atoms with Crippen molar-refractivity contribution in [2.45, 2.75) is 184 Å². The Bertz CT molecular complexity index is 3400. The fraction of sp³-hybridized carbons (Fsp3) is 0.353. The summed E-state index contributed by atoms with van der Waals surface area (Å²) in [5.41, 5.74) is 6.12. The molecule has 0 spiro atoms. The van der Waals surface area contributed by atoms with E-state index in [1.165, 1.54) is 133 Å². The largest absolute Gasteiger partial charge is 0.504 e. The average Bonchev–Trinajstić information content (AvgIpc) is 0.872. The van der Waals surface area contributed by atoms with Crippen LogP contribution in [0.25, 0.3) is 30.4 Å². The van der Waals surface area contributed by atoms with E-state index in [2.05, 4.69) is 40.7 Å². The number of phenols is 5. The SMILES string of the molecule is CCCCC/C=C\C(=O)/C=C/c1cc(C)c(O)c(OC)c1.CCCCC/C=C\C(=O)/C=C/c1cc(O)c(O)c(OC)c1.CCCCC/C=C\C(=O)/C=C/c1ccc(O)c(O)c1.CCCCC/C=C\C(=O)/C=C/c1cccc(C)c1.CCCCC/C=C\C(=O)/C=C/c1cccc(C)c1F. The van der Waals surface area contributed by atoms with Gasteiger partial charge in [-0.1, -0.05) is 208 Å². The van der Waals surface area contributed by atoms with E-state index >= 15 is 0 Å². The molecule has 5 N–H and O–H groups in total. The highest BCUT2D eigenvalue weighted by Gasteiger charge is 2.09. The molecular formula is C85H109FO12. The third-order valence-electron chi connectivity index (χ3n) is 14.5. The Morgan fingerprint density at radius 2 is 0.714 bits per heavy atom. The van der Waals surface area contributed by atoms with Crippen molar-refractivity contribution < 1.29 is 63.4 Å². The molecule has 0 radical (unpaired) electrons. The molecule has 0 bridgehead atoms. The summed E-state index contributed by atoms with van der Waals surface area (Å²) in [7, 11) is 2.90. The summed E-state index contributed by atoms with van der Waals surface area (Å²) in [6.45, 7) is 16.3. The lowest BCUT2D eigenvalue weighted by Crippen LogP contribution is -1.89. The summed E-state index contributed by atoms with van der Waals surface area (Å²) < 4.78 is 23.7. The number of rotatable bonds is 37. The highest BCUT2D eigenvalue weighted by Crippen LogP contribution is 2.37. The first-order valence-electron chi connectivity index (χ1n) is 34.4. The zero-order chi connectivity index (χ0) is 72.7. The first kappa shape index (κ1) is 86.4. The van der Waals surface area contributed by atoms with Crippen LogP contribution in [0.4, 0.5) is 4.39 Å². The van der Waals surface area contributed by atoms with Crippen LogP contribution in [0.5, 0.6) is 40.2 Å². The quantitative estimate of drug-likeness (QED) is 0.0143. The van der Waals surface area contributed by atoms with Crippen molar-refractivity contribution in [3.05, 3.63) is 226 Å². The Morgan fingerprint density at radius 1 is 0.357 bits per heavy atom. The van der Waals surface area contributed by atoms with Crippen LogP contribution in [0.3, 0.4) is 0 Å². The number of ether oxygens (including phenoxy) is 2. The molecule has 0 aliphatic carbocycles. The van der Waals surface area contributed by atoms with Crippen molar-refractivity contribution in [2.75, 3.05) is 14.2 Å². The van der Waals surface area contributed by atoms with Crippen LogP contribution >= 0.6 is 0 Å². The molecule has 0 amide bonds. The third-order valence-corrected chi connectivity index (χ3v) is 14.5. The lowest BCUT2D eigenvalue weighted by molar-refractivity contribution is -0.111. The second kappa shape index (κ2) is 54.5. The van der Waals surface area contributed by atoms with Gasteiger partial charge in [-0.25, -0.2) is 4.39 Å². The predicted octanol–water partition coefficient (Wildman–Crippen LogP) is 21.6. The Morgan fingerprint density at radius 3 is 1.10 bits per heavy atom. The van der Waals surface area contributed by atoms with Gasteiger partial charge in [-0.2, -0.15) is 0 Å². The Kier molecular flexibility index (Phi) is 48.0. The summed E-state index contributed by atoms with van der Waals surface area (Å²) in [5.74, 6) is -0.759. The third kappa shape index (κ3) is 41.4. The lowest BCUT2D eigenvalue weighted by Gasteiger charge is -2.07. The molecule has 0 fully saturated rings. The normalized spacial score (nSPS) is 11.4. The Hall–Kier alpha value is -9.62. The van der Waals surface area contributed by atoms with E-state index in [4.69, 9.17) is 14.6 Å². The van der Waals surface area contributed by atoms with Crippen LogP contribution in [0.1, 0.15) is 208 Å². The van der Waals surface area contributed by atoms with Crippen LogP contribution < -0.4 is 9.47 Å². The summed E-state index contributed by atoms with van der Waals surface area (Å²) in [6.07, 6.45) is 55.4. The number of halogens is 1. The van der Waals surface area contributed by atoms with Crippen molar-refractivity contribution in [1.29, 1.82) is 0 Å². The van der Waals surface area contributed by atoms with E-state index in [1.54, 1.807) is 105 Å². The number of allylic oxidation sites excluding steroid dienone is 15. The minimum absolute atomic E-state index is 0.0313. The number of hydrogen-bond donors (Lipinski definition) is 5. The standard InChI is InChI=1S/C18H24O3.C17H21FO.C17H22O4.C17H22O.C16H20O3/c1-4-5-6-7-8-9-16(19)11-10-15-12-14(2)18(20)17(13-15)21-3;1-3-4-5-6-7-11-16(19)13-12-15-10-8-9-14(2)17(15)18;1-3-4-5-6-7-8-14(18)10-9-13-11-15(19)17(20)16(12-13)21-2;1-3-4-5-6-7-11-17(18)13-12-16-10-8-9-15(2)14-16;1-2-3-4-5-6-7-14(17)10-8-13-9-11-15(18)16(19)12-13/h8-13,20H,4-7H2,1-3H3;7-13H,3-6H2,1-2H3;7-12,19-20H,3-6H2,1-2H3;7-14H,3-6H2,1-2H3;6-12,18-19H,2-5H2,1H3/b9-8-,11-10+;11-7-,13-12+;8-7-,10-9+;11-7-,13-12+;7-6-,10-8+. The van der Waals surface area contributed by atoms with Gasteiger partial charge in [0.1, 0.15) is 5.82 Å². The Labute approximate surface area is 584 Å². The van der Waals surface area contributed by atoms with Crippen molar-refractivity contribution in [3.63, 3.8) is 0 Å². The van der Waals surface area contributed by atoms with Gasteiger partial charge in [0, 0.05) is 5.56 Å². The zero-order valence-corrected chi connectivity index (χ0v) is 59.7. The molecule has 0 saturated heterocycles. The monoisotopic (exact) mass is 1340 g/mol. The number of hydrogen-bond acceptors (Lipinski definition) is 12. The first-order valence-corrected chi connectivity index (χ1v) is 34.4. The molecule has 5 aromatic carbocycles. The van der Waals surface area contributed by atoms with Crippen LogP contribution in [-0.2, 0) is 24.0 Å².